The molecule has 2 amide bonds. The highest BCUT2D eigenvalue weighted by Gasteiger charge is 2.11. The van der Waals surface area contributed by atoms with Crippen LogP contribution in [0.15, 0.2) is 54.7 Å². The van der Waals surface area contributed by atoms with Gasteiger partial charge in [-0.3, -0.25) is 9.59 Å². The molecule has 23 heavy (non-hydrogen) atoms. The van der Waals surface area contributed by atoms with Crippen molar-refractivity contribution in [2.45, 2.75) is 6.54 Å². The van der Waals surface area contributed by atoms with Crippen molar-refractivity contribution in [2.24, 2.45) is 5.73 Å². The van der Waals surface area contributed by atoms with Gasteiger partial charge < -0.3 is 15.6 Å². The van der Waals surface area contributed by atoms with Gasteiger partial charge >= 0.3 is 0 Å². The highest BCUT2D eigenvalue weighted by molar-refractivity contribution is 6.03. The van der Waals surface area contributed by atoms with E-state index >= 15 is 0 Å². The van der Waals surface area contributed by atoms with Crippen molar-refractivity contribution in [3.8, 4) is 0 Å². The van der Waals surface area contributed by atoms with E-state index in [0.29, 0.717) is 5.69 Å². The molecule has 116 valence electrons. The molecule has 0 fully saturated rings. The molecule has 0 aliphatic carbocycles. The van der Waals surface area contributed by atoms with Gasteiger partial charge in [0.1, 0.15) is 12.4 Å². The fraction of sp³-hybridized carbons (Fsp3) is 0.0588. The topological polar surface area (TPSA) is 77.1 Å². The van der Waals surface area contributed by atoms with Gasteiger partial charge in [0.25, 0.3) is 5.91 Å². The zero-order valence-electron chi connectivity index (χ0n) is 12.1. The number of hydrogen-bond acceptors (Lipinski definition) is 2. The van der Waals surface area contributed by atoms with Gasteiger partial charge in [-0.15, -0.1) is 0 Å². The Bertz CT molecular complexity index is 902. The first-order valence-electron chi connectivity index (χ1n) is 6.97. The molecule has 0 radical (unpaired) electrons. The summed E-state index contributed by atoms with van der Waals surface area (Å²) >= 11 is 0. The van der Waals surface area contributed by atoms with Crippen LogP contribution in [0.1, 0.15) is 10.4 Å². The average Bonchev–Trinajstić information content (AvgIpc) is 2.89. The second-order valence-electron chi connectivity index (χ2n) is 5.10. The summed E-state index contributed by atoms with van der Waals surface area (Å²) in [5.41, 5.74) is 6.66. The highest BCUT2D eigenvalue weighted by atomic mass is 19.1. The quantitative estimate of drug-likeness (QED) is 0.776. The molecule has 5 nitrogen and oxygen atoms in total. The minimum atomic E-state index is -0.609. The maximum Gasteiger partial charge on any atom is 0.250 e. The predicted octanol–water partition coefficient (Wildman–Crippen LogP) is 2.52. The lowest BCUT2D eigenvalue weighted by Crippen LogP contribution is -2.21. The molecule has 6 heteroatoms. The number of para-hydroxylation sites is 1. The Morgan fingerprint density at radius 1 is 1.13 bits per heavy atom. The van der Waals surface area contributed by atoms with Crippen molar-refractivity contribution in [1.29, 1.82) is 0 Å². The van der Waals surface area contributed by atoms with Crippen molar-refractivity contribution in [3.05, 3.63) is 66.1 Å². The van der Waals surface area contributed by atoms with Gasteiger partial charge in [0.15, 0.2) is 0 Å². The molecule has 1 heterocycles. The van der Waals surface area contributed by atoms with E-state index < -0.39 is 5.91 Å². The molecule has 3 aromatic rings. The summed E-state index contributed by atoms with van der Waals surface area (Å²) in [7, 11) is 0. The van der Waals surface area contributed by atoms with Gasteiger partial charge in [-0.1, -0.05) is 12.1 Å². The molecule has 1 aromatic heterocycles. The first-order valence-corrected chi connectivity index (χ1v) is 6.97. The highest BCUT2D eigenvalue weighted by Crippen LogP contribution is 2.18. The number of halogens is 1. The minimum Gasteiger partial charge on any atom is -0.366 e. The molecule has 2 aromatic carbocycles. The van der Waals surface area contributed by atoms with Crippen LogP contribution in [-0.4, -0.2) is 16.4 Å². The molecule has 0 aliphatic heterocycles. The first kappa shape index (κ1) is 14.8. The van der Waals surface area contributed by atoms with Crippen LogP contribution in [0.5, 0.6) is 0 Å². The maximum atomic E-state index is 13.2. The van der Waals surface area contributed by atoms with E-state index in [-0.39, 0.29) is 23.8 Å². The summed E-state index contributed by atoms with van der Waals surface area (Å²) in [6.45, 7) is 0.0439. The lowest BCUT2D eigenvalue weighted by molar-refractivity contribution is -0.116. The monoisotopic (exact) mass is 311 g/mol. The SMILES string of the molecule is NC(=O)c1ccccc1NC(=O)Cn1ccc2cc(F)ccc21. The van der Waals surface area contributed by atoms with Crippen LogP contribution >= 0.6 is 0 Å². The van der Waals surface area contributed by atoms with Crippen molar-refractivity contribution < 1.29 is 14.0 Å². The van der Waals surface area contributed by atoms with Crippen LogP contribution < -0.4 is 11.1 Å². The van der Waals surface area contributed by atoms with E-state index in [4.69, 9.17) is 5.73 Å². The van der Waals surface area contributed by atoms with Crippen LogP contribution in [0.2, 0.25) is 0 Å². The lowest BCUT2D eigenvalue weighted by atomic mass is 10.1. The number of nitrogens with two attached hydrogens (primary N) is 1. The average molecular weight is 311 g/mol. The third-order valence-electron chi connectivity index (χ3n) is 3.51. The third-order valence-corrected chi connectivity index (χ3v) is 3.51. The predicted molar refractivity (Wildman–Crippen MR) is 85.5 cm³/mol. The van der Waals surface area contributed by atoms with Crippen LogP contribution in [0.3, 0.4) is 0 Å². The number of fused-ring (bicyclic) bond motifs is 1. The summed E-state index contributed by atoms with van der Waals surface area (Å²) in [5.74, 6) is -1.24. The van der Waals surface area contributed by atoms with Gasteiger partial charge in [-0.25, -0.2) is 4.39 Å². The van der Waals surface area contributed by atoms with Gasteiger partial charge in [0, 0.05) is 17.1 Å². The first-order chi connectivity index (χ1) is 11.0. The molecule has 0 aliphatic rings. The normalized spacial score (nSPS) is 10.7. The fourth-order valence-corrected chi connectivity index (χ4v) is 2.46. The number of amides is 2. The van der Waals surface area contributed by atoms with Gasteiger partial charge in [0.05, 0.1) is 11.3 Å². The van der Waals surface area contributed by atoms with Crippen molar-refractivity contribution >= 4 is 28.4 Å². The minimum absolute atomic E-state index is 0.0439. The Balaban J connectivity index is 1.81. The number of primary amides is 1. The summed E-state index contributed by atoms with van der Waals surface area (Å²) in [5, 5.41) is 3.39. The van der Waals surface area contributed by atoms with Crippen LogP contribution in [0.25, 0.3) is 10.9 Å². The smallest absolute Gasteiger partial charge is 0.250 e. The second kappa shape index (κ2) is 5.92. The Morgan fingerprint density at radius 3 is 2.70 bits per heavy atom. The van der Waals surface area contributed by atoms with Gasteiger partial charge in [-0.2, -0.15) is 0 Å². The molecule has 3 N–H and O–H groups in total. The second-order valence-corrected chi connectivity index (χ2v) is 5.10. The molecule has 0 saturated carbocycles. The molecule has 0 unspecified atom stereocenters. The summed E-state index contributed by atoms with van der Waals surface area (Å²) in [6, 6.07) is 12.6. The van der Waals surface area contributed by atoms with Crippen molar-refractivity contribution in [2.75, 3.05) is 5.32 Å². The molecule has 0 bridgehead atoms. The Kier molecular flexibility index (Phi) is 3.80. The Hall–Kier alpha value is -3.15. The van der Waals surface area contributed by atoms with E-state index in [0.717, 1.165) is 10.9 Å². The number of nitrogens with one attached hydrogen (secondary N) is 1. The van der Waals surface area contributed by atoms with E-state index in [1.54, 1.807) is 47.2 Å². The number of carbonyl (C=O) groups is 2. The lowest BCUT2D eigenvalue weighted by Gasteiger charge is -2.10. The van der Waals surface area contributed by atoms with Crippen molar-refractivity contribution in [1.82, 2.24) is 4.57 Å². The number of anilines is 1. The van der Waals surface area contributed by atoms with Crippen LogP contribution in [0.4, 0.5) is 10.1 Å². The summed E-state index contributed by atoms with van der Waals surface area (Å²) < 4.78 is 14.9. The number of aromatic nitrogens is 1. The van der Waals surface area contributed by atoms with E-state index in [2.05, 4.69) is 5.32 Å². The van der Waals surface area contributed by atoms with Crippen molar-refractivity contribution in [3.63, 3.8) is 0 Å². The summed E-state index contributed by atoms with van der Waals surface area (Å²) in [4.78, 5) is 23.6. The van der Waals surface area contributed by atoms with E-state index in [1.807, 2.05) is 0 Å². The number of hydrogen-bond donors (Lipinski definition) is 2. The van der Waals surface area contributed by atoms with E-state index in [9.17, 15) is 14.0 Å². The van der Waals surface area contributed by atoms with Crippen LogP contribution in [-0.2, 0) is 11.3 Å². The maximum absolute atomic E-state index is 13.2. The van der Waals surface area contributed by atoms with Gasteiger partial charge in [-0.05, 0) is 36.4 Å². The largest absolute Gasteiger partial charge is 0.366 e. The zero-order chi connectivity index (χ0) is 16.4. The standard InChI is InChI=1S/C17H14FN3O2/c18-12-5-6-15-11(9-12)7-8-21(15)10-16(22)20-14-4-2-1-3-13(14)17(19)23/h1-9H,10H2,(H2,19,23)(H,20,22). The number of benzene rings is 2. The molecule has 0 atom stereocenters. The third kappa shape index (κ3) is 3.06. The molecule has 3 rings (SSSR count). The van der Waals surface area contributed by atoms with Crippen LogP contribution in [0, 0.1) is 5.82 Å². The molecule has 0 saturated heterocycles. The molecule has 0 spiro atoms. The zero-order valence-corrected chi connectivity index (χ0v) is 12.1. The fourth-order valence-electron chi connectivity index (χ4n) is 2.46. The van der Waals surface area contributed by atoms with Gasteiger partial charge in [0.2, 0.25) is 5.91 Å². The summed E-state index contributed by atoms with van der Waals surface area (Å²) in [6.07, 6.45) is 1.71. The Morgan fingerprint density at radius 2 is 1.91 bits per heavy atom. The number of nitrogens with zero attached hydrogens (tertiary/aromatic N) is 1. The molecular weight excluding hydrogens is 297 g/mol. The van der Waals surface area contributed by atoms with E-state index in [1.165, 1.54) is 12.1 Å². The number of carbonyl (C=O) groups excluding carboxylic acids is 2. The molecular formula is C17H14FN3O2. The number of rotatable bonds is 4. The Labute approximate surface area is 131 Å².